The smallest absolute Gasteiger partial charge is 0.253 e. The number of ketones is 1. The van der Waals surface area contributed by atoms with E-state index in [1.165, 1.54) is 4.90 Å². The monoisotopic (exact) mass is 530 g/mol. The first-order valence-corrected chi connectivity index (χ1v) is 11.0. The number of anilines is 1. The van der Waals surface area contributed by atoms with Gasteiger partial charge in [0, 0.05) is 37.4 Å². The molecule has 0 spiro atoms. The largest absolute Gasteiger partial charge is 0.340 e. The maximum atomic E-state index is 13.4. The molecule has 1 aliphatic heterocycles. The molecule has 3 aromatic carbocycles. The summed E-state index contributed by atoms with van der Waals surface area (Å²) in [4.78, 5) is 40.3. The van der Waals surface area contributed by atoms with Crippen molar-refractivity contribution in [2.75, 3.05) is 11.9 Å². The minimum atomic E-state index is -0.920. The summed E-state index contributed by atoms with van der Waals surface area (Å²) in [6, 6.07) is 16.9. The SMILES string of the molecule is C[C@H](CC(=O)Cc1cc(F)cc(F)c1)C(=O)NC1C(=O)N(C)c2ccccc2-c2ccccc21.S.S. The van der Waals surface area contributed by atoms with Gasteiger partial charge in [-0.1, -0.05) is 49.4 Å². The minimum absolute atomic E-state index is 0. The van der Waals surface area contributed by atoms with E-state index in [0.717, 1.165) is 35.0 Å². The summed E-state index contributed by atoms with van der Waals surface area (Å²) >= 11 is 0. The van der Waals surface area contributed by atoms with Gasteiger partial charge in [0.1, 0.15) is 23.5 Å². The zero-order chi connectivity index (χ0) is 24.4. The molecule has 1 heterocycles. The highest BCUT2D eigenvalue weighted by Crippen LogP contribution is 2.39. The molecular weight excluding hydrogens is 502 g/mol. The molecule has 3 aromatic rings. The highest BCUT2D eigenvalue weighted by atomic mass is 32.1. The van der Waals surface area contributed by atoms with Gasteiger partial charge >= 0.3 is 0 Å². The lowest BCUT2D eigenvalue weighted by Crippen LogP contribution is -2.42. The first-order chi connectivity index (χ1) is 16.2. The molecule has 0 saturated carbocycles. The molecule has 0 bridgehead atoms. The Hall–Kier alpha value is -3.17. The molecular formula is C27H28F2N2O3S2. The summed E-state index contributed by atoms with van der Waals surface area (Å²) < 4.78 is 26.8. The van der Waals surface area contributed by atoms with E-state index < -0.39 is 29.5 Å². The third-order valence-corrected chi connectivity index (χ3v) is 6.00. The van der Waals surface area contributed by atoms with Crippen molar-refractivity contribution in [3.05, 3.63) is 89.5 Å². The molecule has 1 unspecified atom stereocenters. The normalized spacial score (nSPS) is 14.8. The van der Waals surface area contributed by atoms with Crippen LogP contribution in [0, 0.1) is 17.6 Å². The summed E-state index contributed by atoms with van der Waals surface area (Å²) in [5.74, 6) is -3.33. The number of carbonyl (C=O) groups is 3. The molecule has 5 nitrogen and oxygen atoms in total. The van der Waals surface area contributed by atoms with Crippen LogP contribution in [0.2, 0.25) is 0 Å². The van der Waals surface area contributed by atoms with Crippen molar-refractivity contribution in [3.63, 3.8) is 0 Å². The Morgan fingerprint density at radius 3 is 2.19 bits per heavy atom. The maximum absolute atomic E-state index is 13.4. The van der Waals surface area contributed by atoms with Crippen LogP contribution in [0.4, 0.5) is 14.5 Å². The topological polar surface area (TPSA) is 66.5 Å². The fourth-order valence-electron chi connectivity index (χ4n) is 4.30. The van der Waals surface area contributed by atoms with Crippen LogP contribution in [0.3, 0.4) is 0 Å². The Morgan fingerprint density at radius 1 is 0.944 bits per heavy atom. The third kappa shape index (κ3) is 6.14. The van der Waals surface area contributed by atoms with Crippen molar-refractivity contribution in [1.82, 2.24) is 5.32 Å². The van der Waals surface area contributed by atoms with Gasteiger partial charge in [-0.15, -0.1) is 0 Å². The van der Waals surface area contributed by atoms with Gasteiger partial charge in [-0.2, -0.15) is 27.0 Å². The zero-order valence-corrected chi connectivity index (χ0v) is 21.8. The molecule has 0 aromatic heterocycles. The summed E-state index contributed by atoms with van der Waals surface area (Å²) in [6.45, 7) is 1.59. The Balaban J connectivity index is 0.00000228. The van der Waals surface area contributed by atoms with Crippen LogP contribution in [-0.4, -0.2) is 24.6 Å². The Morgan fingerprint density at radius 2 is 1.53 bits per heavy atom. The second-order valence-electron chi connectivity index (χ2n) is 8.54. The van der Waals surface area contributed by atoms with Crippen molar-refractivity contribution in [1.29, 1.82) is 0 Å². The molecule has 2 atom stereocenters. The first kappa shape index (κ1) is 29.1. The van der Waals surface area contributed by atoms with E-state index >= 15 is 0 Å². The van der Waals surface area contributed by atoms with Crippen molar-refractivity contribution in [3.8, 4) is 11.1 Å². The van der Waals surface area contributed by atoms with E-state index in [1.54, 1.807) is 14.0 Å². The highest BCUT2D eigenvalue weighted by molar-refractivity contribution is 7.59. The van der Waals surface area contributed by atoms with Crippen molar-refractivity contribution < 1.29 is 23.2 Å². The lowest BCUT2D eigenvalue weighted by Gasteiger charge is -2.24. The number of carbonyl (C=O) groups excluding carboxylic acids is 3. The number of fused-ring (bicyclic) bond motifs is 3. The predicted molar refractivity (Wildman–Crippen MR) is 146 cm³/mol. The molecule has 1 N–H and O–H groups in total. The van der Waals surface area contributed by atoms with Crippen molar-refractivity contribution >= 4 is 50.3 Å². The Bertz CT molecular complexity index is 1270. The molecule has 0 aliphatic carbocycles. The molecule has 36 heavy (non-hydrogen) atoms. The van der Waals surface area contributed by atoms with E-state index in [1.807, 2.05) is 48.5 Å². The second kappa shape index (κ2) is 12.2. The van der Waals surface area contributed by atoms with Gasteiger partial charge < -0.3 is 10.2 Å². The van der Waals surface area contributed by atoms with Gasteiger partial charge in [0.15, 0.2) is 0 Å². The lowest BCUT2D eigenvalue weighted by molar-refractivity contribution is -0.131. The Labute approximate surface area is 222 Å². The number of likely N-dealkylation sites (N-methyl/N-ethyl adjacent to an activating group) is 1. The van der Waals surface area contributed by atoms with Crippen LogP contribution < -0.4 is 10.2 Å². The van der Waals surface area contributed by atoms with Crippen LogP contribution in [0.15, 0.2) is 66.7 Å². The number of amides is 2. The van der Waals surface area contributed by atoms with Crippen molar-refractivity contribution in [2.24, 2.45) is 5.92 Å². The summed E-state index contributed by atoms with van der Waals surface area (Å²) in [7, 11) is 1.66. The van der Waals surface area contributed by atoms with Crippen LogP contribution in [0.25, 0.3) is 11.1 Å². The van der Waals surface area contributed by atoms with E-state index in [4.69, 9.17) is 0 Å². The number of Topliss-reactive ketones (excluding diaryl/α,β-unsaturated/α-hetero) is 1. The number of nitrogens with zero attached hydrogens (tertiary/aromatic N) is 1. The number of halogens is 2. The van der Waals surface area contributed by atoms with Gasteiger partial charge in [0.05, 0.1) is 5.69 Å². The highest BCUT2D eigenvalue weighted by Gasteiger charge is 2.34. The molecule has 1 aliphatic rings. The number of hydrogen-bond acceptors (Lipinski definition) is 3. The number of para-hydroxylation sites is 1. The van der Waals surface area contributed by atoms with Gasteiger partial charge in [-0.25, -0.2) is 8.78 Å². The number of hydrogen-bond donors (Lipinski definition) is 1. The van der Waals surface area contributed by atoms with Crippen LogP contribution in [0.1, 0.15) is 30.5 Å². The Kier molecular flexibility index (Phi) is 9.84. The number of nitrogens with one attached hydrogen (secondary N) is 1. The van der Waals surface area contributed by atoms with Crippen LogP contribution >= 0.6 is 27.0 Å². The predicted octanol–water partition coefficient (Wildman–Crippen LogP) is 4.83. The third-order valence-electron chi connectivity index (χ3n) is 6.00. The standard InChI is InChI=1S/C27H24F2N2O3.2H2S/c1-16(11-20(32)14-17-12-18(28)15-19(29)13-17)26(33)30-25-23-9-4-3-7-21(23)22-8-5-6-10-24(22)31(2)27(25)34;;/h3-10,12-13,15-16,25H,11,14H2,1-2H3,(H,30,33);2*1H2/t16-,25?;;/m1../s1. The average Bonchev–Trinajstić information content (AvgIpc) is 2.88. The van der Waals surface area contributed by atoms with Gasteiger partial charge in [-0.3, -0.25) is 14.4 Å². The summed E-state index contributed by atoms with van der Waals surface area (Å²) in [5, 5.41) is 2.81. The molecule has 4 rings (SSSR count). The van der Waals surface area contributed by atoms with Crippen molar-refractivity contribution in [2.45, 2.75) is 25.8 Å². The van der Waals surface area contributed by atoms with Gasteiger partial charge in [0.2, 0.25) is 5.91 Å². The molecule has 0 saturated heterocycles. The molecule has 0 fully saturated rings. The van der Waals surface area contributed by atoms with Crippen LogP contribution in [0.5, 0.6) is 0 Å². The van der Waals surface area contributed by atoms with Crippen LogP contribution in [-0.2, 0) is 20.8 Å². The lowest BCUT2D eigenvalue weighted by atomic mass is 9.94. The molecule has 2 amide bonds. The van der Waals surface area contributed by atoms with Gasteiger partial charge in [0.25, 0.3) is 5.91 Å². The number of benzene rings is 3. The molecule has 9 heteroatoms. The van der Waals surface area contributed by atoms with E-state index in [0.29, 0.717) is 5.56 Å². The quantitative estimate of drug-likeness (QED) is 0.497. The molecule has 190 valence electrons. The second-order valence-corrected chi connectivity index (χ2v) is 8.54. The number of rotatable bonds is 6. The summed E-state index contributed by atoms with van der Waals surface area (Å²) in [5.41, 5.74) is 3.35. The van der Waals surface area contributed by atoms with E-state index in [-0.39, 0.29) is 57.1 Å². The fraction of sp³-hybridized carbons (Fsp3) is 0.222. The van der Waals surface area contributed by atoms with E-state index in [9.17, 15) is 23.2 Å². The minimum Gasteiger partial charge on any atom is -0.340 e. The molecule has 0 radical (unpaired) electrons. The maximum Gasteiger partial charge on any atom is 0.253 e. The summed E-state index contributed by atoms with van der Waals surface area (Å²) in [6.07, 6.45) is -0.307. The average molecular weight is 531 g/mol. The first-order valence-electron chi connectivity index (χ1n) is 11.0. The zero-order valence-electron chi connectivity index (χ0n) is 19.8. The van der Waals surface area contributed by atoms with E-state index in [2.05, 4.69) is 5.32 Å². The van der Waals surface area contributed by atoms with Gasteiger partial charge in [-0.05, 0) is 34.9 Å². The fourth-order valence-corrected chi connectivity index (χ4v) is 4.30.